The first-order valence-electron chi connectivity index (χ1n) is 14.3. The summed E-state index contributed by atoms with van der Waals surface area (Å²) in [5, 5.41) is 15.5. The molecule has 0 spiro atoms. The Hall–Kier alpha value is -3.88. The average Bonchev–Trinajstić information content (AvgIpc) is 2.95. The highest BCUT2D eigenvalue weighted by atomic mass is 16.5. The summed E-state index contributed by atoms with van der Waals surface area (Å²) in [6.07, 6.45) is -0.202. The number of likely N-dealkylation sites (N-methyl/N-ethyl adjacent to an activating group) is 1. The smallest absolute Gasteiger partial charge is 0.319 e. The second kappa shape index (κ2) is 13.7. The number of hydrogen-bond acceptors (Lipinski definition) is 5. The lowest BCUT2D eigenvalue weighted by molar-refractivity contribution is 0.0341. The van der Waals surface area contributed by atoms with E-state index in [9.17, 15) is 14.7 Å². The molecule has 1 aliphatic heterocycles. The van der Waals surface area contributed by atoms with Crippen LogP contribution in [0.25, 0.3) is 11.1 Å². The number of nitrogens with zero attached hydrogens (tertiary/aromatic N) is 2. The Bertz CT molecular complexity index is 1310. The van der Waals surface area contributed by atoms with Gasteiger partial charge < -0.3 is 25.4 Å². The van der Waals surface area contributed by atoms with Gasteiger partial charge in [-0.1, -0.05) is 61.5 Å². The van der Waals surface area contributed by atoms with Crippen LogP contribution in [-0.4, -0.2) is 71.8 Å². The van der Waals surface area contributed by atoms with E-state index in [-0.39, 0.29) is 42.7 Å². The van der Waals surface area contributed by atoms with E-state index in [4.69, 9.17) is 4.74 Å². The van der Waals surface area contributed by atoms with E-state index in [0.717, 1.165) is 6.54 Å². The molecule has 3 aromatic carbocycles. The summed E-state index contributed by atoms with van der Waals surface area (Å²) in [7, 11) is 2.07. The zero-order valence-corrected chi connectivity index (χ0v) is 24.6. The third-order valence-corrected chi connectivity index (χ3v) is 7.35. The third kappa shape index (κ3) is 7.86. The molecule has 1 heterocycles. The topological polar surface area (TPSA) is 94.1 Å². The predicted octanol–water partition coefficient (Wildman–Crippen LogP) is 5.24. The molecule has 0 radical (unpaired) electrons. The maximum Gasteiger partial charge on any atom is 0.319 e. The summed E-state index contributed by atoms with van der Waals surface area (Å²) in [5.74, 6) is 0.252. The van der Waals surface area contributed by atoms with Gasteiger partial charge in [-0.3, -0.25) is 9.69 Å². The van der Waals surface area contributed by atoms with Crippen LogP contribution in [0.5, 0.6) is 5.75 Å². The molecule has 3 N–H and O–H groups in total. The Morgan fingerprint density at radius 1 is 1.05 bits per heavy atom. The Morgan fingerprint density at radius 3 is 2.39 bits per heavy atom. The summed E-state index contributed by atoms with van der Waals surface area (Å²) >= 11 is 0. The summed E-state index contributed by atoms with van der Waals surface area (Å²) < 4.78 is 6.51. The van der Waals surface area contributed by atoms with Gasteiger partial charge in [-0.2, -0.15) is 0 Å². The van der Waals surface area contributed by atoms with Gasteiger partial charge in [0.25, 0.3) is 5.91 Å². The van der Waals surface area contributed by atoms with Gasteiger partial charge >= 0.3 is 6.03 Å². The fourth-order valence-corrected chi connectivity index (χ4v) is 5.06. The van der Waals surface area contributed by atoms with Gasteiger partial charge in [0.05, 0.1) is 18.2 Å². The van der Waals surface area contributed by atoms with E-state index in [0.29, 0.717) is 30.1 Å². The monoisotopic (exact) mass is 558 g/mol. The van der Waals surface area contributed by atoms with Crippen LogP contribution in [0.15, 0.2) is 72.8 Å². The Kier molecular flexibility index (Phi) is 10.0. The maximum atomic E-state index is 13.6. The number of aliphatic hydroxyl groups excluding tert-OH is 1. The highest BCUT2D eigenvalue weighted by Crippen LogP contribution is 2.31. The first-order valence-corrected chi connectivity index (χ1v) is 14.3. The molecule has 1 aliphatic rings. The minimum atomic E-state index is -0.363. The Labute approximate surface area is 243 Å². The van der Waals surface area contributed by atoms with Crippen LogP contribution in [0.3, 0.4) is 0 Å². The van der Waals surface area contributed by atoms with Crippen molar-refractivity contribution in [3.8, 4) is 16.9 Å². The van der Waals surface area contributed by atoms with E-state index in [1.807, 2.05) is 39.0 Å². The number of fused-ring (bicyclic) bond motifs is 1. The summed E-state index contributed by atoms with van der Waals surface area (Å²) in [5.41, 5.74) is 4.44. The lowest BCUT2D eigenvalue weighted by atomic mass is 9.99. The second-order valence-electron chi connectivity index (χ2n) is 11.3. The van der Waals surface area contributed by atoms with Crippen molar-refractivity contribution in [2.75, 3.05) is 32.1 Å². The number of carbonyl (C=O) groups is 2. The summed E-state index contributed by atoms with van der Waals surface area (Å²) in [4.78, 5) is 29.9. The Balaban J connectivity index is 1.52. The van der Waals surface area contributed by atoms with Gasteiger partial charge in [-0.15, -0.1) is 0 Å². The molecular weight excluding hydrogens is 516 g/mol. The van der Waals surface area contributed by atoms with Crippen molar-refractivity contribution < 1.29 is 19.4 Å². The van der Waals surface area contributed by atoms with Crippen molar-refractivity contribution in [2.45, 2.75) is 52.4 Å². The average molecular weight is 559 g/mol. The highest BCUT2D eigenvalue weighted by Gasteiger charge is 2.33. The third-order valence-electron chi connectivity index (χ3n) is 7.35. The number of carbonyl (C=O) groups excluding carboxylic acids is 2. The van der Waals surface area contributed by atoms with E-state index < -0.39 is 0 Å². The summed E-state index contributed by atoms with van der Waals surface area (Å²) in [6.45, 7) is 9.36. The molecule has 3 aromatic rings. The molecule has 218 valence electrons. The molecule has 3 amide bonds. The molecular formula is C33H42N4O4. The van der Waals surface area contributed by atoms with Gasteiger partial charge in [0.2, 0.25) is 0 Å². The number of rotatable bonds is 9. The SMILES string of the molecule is CC(C)NC(=O)Nc1ccc2c(c1)C(=O)N([C@H](C)CO)C[C@@H](C)[C@H](CN(C)Cc1ccc(-c3ccccc3)cc1)O2. The van der Waals surface area contributed by atoms with Gasteiger partial charge in [-0.25, -0.2) is 4.79 Å². The van der Waals surface area contributed by atoms with Crippen LogP contribution >= 0.6 is 0 Å². The van der Waals surface area contributed by atoms with Crippen LogP contribution in [0.4, 0.5) is 10.5 Å². The number of amides is 3. The Morgan fingerprint density at radius 2 is 1.73 bits per heavy atom. The molecule has 0 saturated heterocycles. The minimum absolute atomic E-state index is 0.0126. The fourth-order valence-electron chi connectivity index (χ4n) is 5.06. The van der Waals surface area contributed by atoms with E-state index >= 15 is 0 Å². The normalized spacial score (nSPS) is 17.9. The van der Waals surface area contributed by atoms with Crippen LogP contribution in [0.2, 0.25) is 0 Å². The molecule has 0 bridgehead atoms. The number of urea groups is 1. The predicted molar refractivity (Wildman–Crippen MR) is 163 cm³/mol. The van der Waals surface area contributed by atoms with Crippen molar-refractivity contribution >= 4 is 17.6 Å². The van der Waals surface area contributed by atoms with Gasteiger partial charge in [0.1, 0.15) is 11.9 Å². The van der Waals surface area contributed by atoms with Gasteiger partial charge in [0.15, 0.2) is 0 Å². The fraction of sp³-hybridized carbons (Fsp3) is 0.394. The minimum Gasteiger partial charge on any atom is -0.488 e. The highest BCUT2D eigenvalue weighted by molar-refractivity contribution is 5.99. The number of ether oxygens (including phenoxy) is 1. The van der Waals surface area contributed by atoms with Crippen LogP contribution in [-0.2, 0) is 6.54 Å². The molecule has 0 aliphatic carbocycles. The standard InChI is InChI=1S/C33H42N4O4/c1-22(2)34-33(40)35-28-15-16-30-29(17-28)32(39)37(24(4)21-38)18-23(3)31(41-30)20-36(5)19-25-11-13-27(14-12-25)26-9-7-6-8-10-26/h6-17,22-24,31,38H,18-21H2,1-5H3,(H2,34,35,40)/t23-,24-,31+/m1/s1. The van der Waals surface area contributed by atoms with E-state index in [1.54, 1.807) is 23.1 Å². The number of nitrogens with one attached hydrogen (secondary N) is 2. The maximum absolute atomic E-state index is 13.6. The molecule has 8 nitrogen and oxygen atoms in total. The van der Waals surface area contributed by atoms with Gasteiger partial charge in [0, 0.05) is 37.3 Å². The van der Waals surface area contributed by atoms with Crippen molar-refractivity contribution in [3.05, 3.63) is 83.9 Å². The summed E-state index contributed by atoms with van der Waals surface area (Å²) in [6, 6.07) is 23.3. The molecule has 8 heteroatoms. The van der Waals surface area contributed by atoms with Gasteiger partial charge in [-0.05, 0) is 62.7 Å². The number of anilines is 1. The van der Waals surface area contributed by atoms with Crippen molar-refractivity contribution in [3.63, 3.8) is 0 Å². The van der Waals surface area contributed by atoms with Crippen LogP contribution in [0, 0.1) is 5.92 Å². The molecule has 0 fully saturated rings. The molecule has 0 unspecified atom stereocenters. The second-order valence-corrected chi connectivity index (χ2v) is 11.3. The first-order chi connectivity index (χ1) is 19.6. The molecule has 4 rings (SSSR count). The lowest BCUT2D eigenvalue weighted by Crippen LogP contribution is -2.49. The zero-order valence-electron chi connectivity index (χ0n) is 24.6. The van der Waals surface area contributed by atoms with Crippen molar-refractivity contribution in [2.24, 2.45) is 5.92 Å². The van der Waals surface area contributed by atoms with E-state index in [1.165, 1.54) is 16.7 Å². The number of aliphatic hydroxyl groups is 1. The number of hydrogen-bond donors (Lipinski definition) is 3. The molecule has 41 heavy (non-hydrogen) atoms. The zero-order chi connectivity index (χ0) is 29.5. The van der Waals surface area contributed by atoms with E-state index in [2.05, 4.69) is 65.9 Å². The van der Waals surface area contributed by atoms with Crippen LogP contribution in [0.1, 0.15) is 43.6 Å². The van der Waals surface area contributed by atoms with Crippen molar-refractivity contribution in [1.29, 1.82) is 0 Å². The van der Waals surface area contributed by atoms with Crippen molar-refractivity contribution in [1.82, 2.24) is 15.1 Å². The number of benzene rings is 3. The molecule has 3 atom stereocenters. The largest absolute Gasteiger partial charge is 0.488 e. The van der Waals surface area contributed by atoms with Crippen LogP contribution < -0.4 is 15.4 Å². The lowest BCUT2D eigenvalue weighted by Gasteiger charge is -2.38. The quantitative estimate of drug-likeness (QED) is 0.334. The first kappa shape index (κ1) is 30.1. The molecule has 0 aromatic heterocycles. The molecule has 0 saturated carbocycles.